The Morgan fingerprint density at radius 1 is 1.58 bits per heavy atom. The van der Waals surface area contributed by atoms with Gasteiger partial charge in [0.15, 0.2) is 0 Å². The first-order valence-electron chi connectivity index (χ1n) is 3.95. The Morgan fingerprint density at radius 2 is 2.25 bits per heavy atom. The Balaban J connectivity index is 3.57. The van der Waals surface area contributed by atoms with Crippen molar-refractivity contribution in [2.45, 2.75) is 26.3 Å². The number of rotatable bonds is 3. The van der Waals surface area contributed by atoms with Gasteiger partial charge < -0.3 is 10.1 Å². The summed E-state index contributed by atoms with van der Waals surface area (Å²) in [5.41, 5.74) is 0. The molecule has 3 nitrogen and oxygen atoms in total. The molecule has 1 N–H and O–H groups in total. The van der Waals surface area contributed by atoms with E-state index in [2.05, 4.69) is 17.2 Å². The molecule has 0 aliphatic rings. The number of nitrogens with one attached hydrogen (secondary N) is 1. The normalized spacial score (nSPS) is 9.00. The summed E-state index contributed by atoms with van der Waals surface area (Å²) in [4.78, 5) is 10.9. The van der Waals surface area contributed by atoms with Crippen molar-refractivity contribution in [2.24, 2.45) is 0 Å². The number of hydrogen-bond donors (Lipinski definition) is 1. The van der Waals surface area contributed by atoms with Crippen LogP contribution < -0.4 is 5.32 Å². The van der Waals surface area contributed by atoms with Crippen molar-refractivity contribution < 1.29 is 9.53 Å². The van der Waals surface area contributed by atoms with Gasteiger partial charge in [0.1, 0.15) is 0 Å². The monoisotopic (exact) mass is 169 g/mol. The maximum atomic E-state index is 10.9. The summed E-state index contributed by atoms with van der Waals surface area (Å²) in [6.07, 6.45) is 0.599. The zero-order valence-electron chi connectivity index (χ0n) is 7.81. The second-order valence-corrected chi connectivity index (χ2v) is 2.67. The number of carbonyl (C=O) groups is 1. The summed E-state index contributed by atoms with van der Waals surface area (Å²) < 4.78 is 4.77. The summed E-state index contributed by atoms with van der Waals surface area (Å²) in [7, 11) is 1.61. The van der Waals surface area contributed by atoms with Crippen LogP contribution in [0.2, 0.25) is 0 Å². The van der Waals surface area contributed by atoms with E-state index in [9.17, 15) is 4.79 Å². The van der Waals surface area contributed by atoms with E-state index in [-0.39, 0.29) is 11.9 Å². The van der Waals surface area contributed by atoms with Gasteiger partial charge in [0.25, 0.3) is 5.91 Å². The van der Waals surface area contributed by atoms with Crippen LogP contribution in [0.3, 0.4) is 0 Å². The highest BCUT2D eigenvalue weighted by molar-refractivity contribution is 5.93. The minimum Gasteiger partial charge on any atom is -0.384 e. The van der Waals surface area contributed by atoms with Crippen LogP contribution in [-0.4, -0.2) is 25.7 Å². The van der Waals surface area contributed by atoms with E-state index in [0.29, 0.717) is 13.0 Å². The van der Waals surface area contributed by atoms with Gasteiger partial charge in [0.05, 0.1) is 6.61 Å². The molecule has 0 spiro atoms. The topological polar surface area (TPSA) is 38.3 Å². The van der Waals surface area contributed by atoms with Crippen LogP contribution in [0.4, 0.5) is 0 Å². The molecule has 0 bridgehead atoms. The highest BCUT2D eigenvalue weighted by Gasteiger charge is 1.95. The molecule has 1 amide bonds. The maximum absolute atomic E-state index is 10.9. The van der Waals surface area contributed by atoms with Crippen molar-refractivity contribution >= 4 is 5.91 Å². The van der Waals surface area contributed by atoms with Gasteiger partial charge in [-0.25, -0.2) is 0 Å². The molecule has 0 heterocycles. The smallest absolute Gasteiger partial charge is 0.296 e. The first-order chi connectivity index (χ1) is 5.66. The summed E-state index contributed by atoms with van der Waals surface area (Å²) in [5, 5.41) is 2.67. The van der Waals surface area contributed by atoms with E-state index >= 15 is 0 Å². The first kappa shape index (κ1) is 11.0. The molecular formula is C9H15NO2. The van der Waals surface area contributed by atoms with Crippen molar-refractivity contribution in [3.8, 4) is 11.8 Å². The molecule has 0 rings (SSSR count). The lowest BCUT2D eigenvalue weighted by Crippen LogP contribution is -2.28. The fourth-order valence-corrected chi connectivity index (χ4v) is 0.594. The fraction of sp³-hybridized carbons (Fsp3) is 0.667. The Kier molecular flexibility index (Phi) is 6.12. The molecule has 0 saturated heterocycles. The Labute approximate surface area is 73.5 Å². The number of hydrogen-bond acceptors (Lipinski definition) is 2. The van der Waals surface area contributed by atoms with Gasteiger partial charge >= 0.3 is 0 Å². The largest absolute Gasteiger partial charge is 0.384 e. The molecule has 0 aromatic carbocycles. The Hall–Kier alpha value is -1.01. The molecule has 0 fully saturated rings. The lowest BCUT2D eigenvalue weighted by atomic mass is 10.4. The van der Waals surface area contributed by atoms with E-state index in [4.69, 9.17) is 4.74 Å². The van der Waals surface area contributed by atoms with Crippen molar-refractivity contribution in [3.63, 3.8) is 0 Å². The van der Waals surface area contributed by atoms with E-state index in [1.54, 1.807) is 7.11 Å². The molecule has 0 aliphatic heterocycles. The number of methoxy groups -OCH3 is 1. The lowest BCUT2D eigenvalue weighted by Gasteiger charge is -2.01. The van der Waals surface area contributed by atoms with Gasteiger partial charge in [0, 0.05) is 19.6 Å². The predicted molar refractivity (Wildman–Crippen MR) is 47.5 cm³/mol. The highest BCUT2D eigenvalue weighted by atomic mass is 16.5. The minimum atomic E-state index is -0.221. The van der Waals surface area contributed by atoms with Crippen LogP contribution in [-0.2, 0) is 9.53 Å². The Morgan fingerprint density at radius 3 is 2.75 bits per heavy atom. The molecule has 0 radical (unpaired) electrons. The average Bonchev–Trinajstić information content (AvgIpc) is 1.97. The predicted octanol–water partition coefficient (Wildman–Crippen LogP) is 0.551. The minimum absolute atomic E-state index is 0.147. The average molecular weight is 169 g/mol. The molecule has 0 saturated carbocycles. The summed E-state index contributed by atoms with van der Waals surface area (Å²) in [6, 6.07) is 0.147. The quantitative estimate of drug-likeness (QED) is 0.495. The number of ether oxygens (including phenoxy) is 1. The van der Waals surface area contributed by atoms with Crippen LogP contribution in [0, 0.1) is 11.8 Å². The SMILES string of the molecule is COCCC#CC(=O)NC(C)C. The summed E-state index contributed by atoms with van der Waals surface area (Å²) in [6.45, 7) is 4.37. The van der Waals surface area contributed by atoms with E-state index in [0.717, 1.165) is 0 Å². The fourth-order valence-electron chi connectivity index (χ4n) is 0.594. The molecule has 0 aromatic heterocycles. The van der Waals surface area contributed by atoms with E-state index < -0.39 is 0 Å². The third-order valence-electron chi connectivity index (χ3n) is 1.05. The molecule has 0 aliphatic carbocycles. The molecule has 3 heteroatoms. The molecule has 0 atom stereocenters. The zero-order chi connectivity index (χ0) is 9.40. The van der Waals surface area contributed by atoms with Crippen molar-refractivity contribution in [2.75, 3.05) is 13.7 Å². The van der Waals surface area contributed by atoms with Crippen LogP contribution in [0.25, 0.3) is 0 Å². The van der Waals surface area contributed by atoms with Gasteiger partial charge in [-0.15, -0.1) is 0 Å². The van der Waals surface area contributed by atoms with Gasteiger partial charge in [-0.1, -0.05) is 5.92 Å². The number of amides is 1. The van der Waals surface area contributed by atoms with Gasteiger partial charge in [0.2, 0.25) is 0 Å². The second-order valence-electron chi connectivity index (χ2n) is 2.67. The lowest BCUT2D eigenvalue weighted by molar-refractivity contribution is -0.116. The van der Waals surface area contributed by atoms with Crippen LogP contribution >= 0.6 is 0 Å². The van der Waals surface area contributed by atoms with Gasteiger partial charge in [-0.2, -0.15) is 0 Å². The second kappa shape index (κ2) is 6.68. The summed E-state index contributed by atoms with van der Waals surface area (Å²) in [5.74, 6) is 4.95. The van der Waals surface area contributed by atoms with Crippen molar-refractivity contribution in [3.05, 3.63) is 0 Å². The first-order valence-corrected chi connectivity index (χ1v) is 3.95. The molecule has 68 valence electrons. The standard InChI is InChI=1S/C9H15NO2/c1-8(2)10-9(11)6-4-5-7-12-3/h8H,5,7H2,1-3H3,(H,10,11). The van der Waals surface area contributed by atoms with Gasteiger partial charge in [-0.05, 0) is 19.8 Å². The molecule has 12 heavy (non-hydrogen) atoms. The Bertz CT molecular complexity index is 188. The zero-order valence-corrected chi connectivity index (χ0v) is 7.81. The van der Waals surface area contributed by atoms with Crippen LogP contribution in [0.1, 0.15) is 20.3 Å². The molecule has 0 aromatic rings. The van der Waals surface area contributed by atoms with Crippen molar-refractivity contribution in [1.29, 1.82) is 0 Å². The van der Waals surface area contributed by atoms with Gasteiger partial charge in [-0.3, -0.25) is 4.79 Å². The van der Waals surface area contributed by atoms with Crippen molar-refractivity contribution in [1.82, 2.24) is 5.32 Å². The maximum Gasteiger partial charge on any atom is 0.296 e. The molecular weight excluding hydrogens is 154 g/mol. The third-order valence-corrected chi connectivity index (χ3v) is 1.05. The van der Waals surface area contributed by atoms with Crippen LogP contribution in [0.15, 0.2) is 0 Å². The van der Waals surface area contributed by atoms with E-state index in [1.807, 2.05) is 13.8 Å². The highest BCUT2D eigenvalue weighted by Crippen LogP contribution is 1.77. The third kappa shape index (κ3) is 7.10. The molecule has 0 unspecified atom stereocenters. The summed E-state index contributed by atoms with van der Waals surface area (Å²) >= 11 is 0. The van der Waals surface area contributed by atoms with E-state index in [1.165, 1.54) is 0 Å². The van der Waals surface area contributed by atoms with Crippen LogP contribution in [0.5, 0.6) is 0 Å². The number of carbonyl (C=O) groups excluding carboxylic acids is 1.